The van der Waals surface area contributed by atoms with Crippen molar-refractivity contribution in [3.05, 3.63) is 28.2 Å². The highest BCUT2D eigenvalue weighted by Crippen LogP contribution is 2.31. The van der Waals surface area contributed by atoms with Crippen molar-refractivity contribution in [3.8, 4) is 5.75 Å². The molecular weight excluding hydrogens is 240 g/mol. The van der Waals surface area contributed by atoms with E-state index in [4.69, 9.17) is 10.2 Å². The zero-order valence-electron chi connectivity index (χ0n) is 6.44. The van der Waals surface area contributed by atoms with Crippen LogP contribution in [0.15, 0.2) is 22.7 Å². The average Bonchev–Trinajstić information content (AvgIpc) is 2.08. The van der Waals surface area contributed by atoms with Crippen molar-refractivity contribution in [2.24, 2.45) is 0 Å². The van der Waals surface area contributed by atoms with Gasteiger partial charge in [0.25, 0.3) is 0 Å². The normalized spacial score (nSPS) is 12.5. The molecule has 0 aliphatic carbocycles. The Morgan fingerprint density at radius 1 is 1.46 bits per heavy atom. The molecule has 0 radical (unpaired) electrons. The first kappa shape index (κ1) is 10.0. The van der Waals surface area contributed by atoms with Crippen LogP contribution in [0.5, 0.6) is 5.75 Å². The van der Waals surface area contributed by atoms with Gasteiger partial charge in [0.1, 0.15) is 5.75 Å². The second-order valence-electron chi connectivity index (χ2n) is 2.42. The molecule has 1 atom stereocenters. The van der Waals surface area contributed by atoms with Crippen LogP contribution in [0.4, 0.5) is 0 Å². The molecule has 0 amide bonds. The minimum absolute atomic E-state index is 0.0993. The molecule has 13 heavy (non-hydrogen) atoms. The summed E-state index contributed by atoms with van der Waals surface area (Å²) < 4.78 is 0.199. The molecule has 0 aliphatic heterocycles. The number of hydrogen-bond acceptors (Lipinski definition) is 3. The van der Waals surface area contributed by atoms with E-state index in [1.165, 1.54) is 18.2 Å². The standard InChI is InChI=1S/C8H7BrO4/c9-6-4(7(11)8(12)13)2-1-3-5(6)10/h1-3,7,10-11H,(H,12,13). The van der Waals surface area contributed by atoms with Crippen molar-refractivity contribution in [1.29, 1.82) is 0 Å². The molecule has 0 saturated carbocycles. The molecular formula is C8H7BrO4. The van der Waals surface area contributed by atoms with Crippen molar-refractivity contribution in [2.75, 3.05) is 0 Å². The van der Waals surface area contributed by atoms with E-state index in [2.05, 4.69) is 15.9 Å². The van der Waals surface area contributed by atoms with E-state index in [1.54, 1.807) is 0 Å². The van der Waals surface area contributed by atoms with Crippen molar-refractivity contribution >= 4 is 21.9 Å². The molecule has 4 nitrogen and oxygen atoms in total. The molecule has 1 unspecified atom stereocenters. The monoisotopic (exact) mass is 246 g/mol. The summed E-state index contributed by atoms with van der Waals surface area (Å²) in [6.07, 6.45) is -1.62. The van der Waals surface area contributed by atoms with Crippen LogP contribution < -0.4 is 0 Å². The van der Waals surface area contributed by atoms with E-state index in [9.17, 15) is 9.90 Å². The number of aliphatic carboxylic acids is 1. The Morgan fingerprint density at radius 2 is 2.08 bits per heavy atom. The highest BCUT2D eigenvalue weighted by molar-refractivity contribution is 9.10. The number of aromatic hydroxyl groups is 1. The van der Waals surface area contributed by atoms with Crippen LogP contribution in [0, 0.1) is 0 Å². The summed E-state index contributed by atoms with van der Waals surface area (Å²) in [5.41, 5.74) is 0.132. The topological polar surface area (TPSA) is 77.8 Å². The third-order valence-corrected chi connectivity index (χ3v) is 2.40. The van der Waals surface area contributed by atoms with Gasteiger partial charge in [-0.05, 0) is 22.0 Å². The second-order valence-corrected chi connectivity index (χ2v) is 3.21. The van der Waals surface area contributed by atoms with Gasteiger partial charge in [-0.1, -0.05) is 12.1 Å². The summed E-state index contributed by atoms with van der Waals surface area (Å²) in [6.45, 7) is 0. The smallest absolute Gasteiger partial charge is 0.337 e. The predicted octanol–water partition coefficient (Wildman–Crippen LogP) is 1.27. The van der Waals surface area contributed by atoms with Crippen LogP contribution in [0.1, 0.15) is 11.7 Å². The minimum Gasteiger partial charge on any atom is -0.507 e. The molecule has 1 rings (SSSR count). The van der Waals surface area contributed by atoms with Gasteiger partial charge in [0.2, 0.25) is 0 Å². The number of rotatable bonds is 2. The lowest BCUT2D eigenvalue weighted by atomic mass is 10.1. The summed E-state index contributed by atoms with van der Waals surface area (Å²) in [5.74, 6) is -1.45. The number of phenolic OH excluding ortho intramolecular Hbond substituents is 1. The molecule has 0 saturated heterocycles. The number of carboxylic acids is 1. The van der Waals surface area contributed by atoms with E-state index in [-0.39, 0.29) is 15.8 Å². The summed E-state index contributed by atoms with van der Waals surface area (Å²) >= 11 is 2.98. The van der Waals surface area contributed by atoms with Crippen LogP contribution in [0.25, 0.3) is 0 Å². The van der Waals surface area contributed by atoms with Crippen LogP contribution in [0.3, 0.4) is 0 Å². The molecule has 1 aromatic rings. The van der Waals surface area contributed by atoms with Crippen molar-refractivity contribution in [1.82, 2.24) is 0 Å². The van der Waals surface area contributed by atoms with Crippen molar-refractivity contribution in [3.63, 3.8) is 0 Å². The van der Waals surface area contributed by atoms with Crippen LogP contribution >= 0.6 is 15.9 Å². The van der Waals surface area contributed by atoms with Gasteiger partial charge in [-0.25, -0.2) is 4.79 Å². The Kier molecular flexibility index (Phi) is 2.90. The molecule has 0 fully saturated rings. The molecule has 0 bridgehead atoms. The van der Waals surface area contributed by atoms with Crippen LogP contribution in [0.2, 0.25) is 0 Å². The van der Waals surface area contributed by atoms with Gasteiger partial charge < -0.3 is 15.3 Å². The molecule has 0 aliphatic rings. The highest BCUT2D eigenvalue weighted by atomic mass is 79.9. The first-order chi connectivity index (χ1) is 6.04. The zero-order valence-corrected chi connectivity index (χ0v) is 8.02. The van der Waals surface area contributed by atoms with Gasteiger partial charge in [-0.2, -0.15) is 0 Å². The zero-order chi connectivity index (χ0) is 10.0. The Labute approximate surface area is 82.6 Å². The third kappa shape index (κ3) is 1.99. The number of aliphatic hydroxyl groups is 1. The third-order valence-electron chi connectivity index (χ3n) is 1.54. The van der Waals surface area contributed by atoms with Gasteiger partial charge in [-0.15, -0.1) is 0 Å². The molecule has 3 N–H and O–H groups in total. The lowest BCUT2D eigenvalue weighted by molar-refractivity contribution is -0.147. The van der Waals surface area contributed by atoms with Gasteiger partial charge in [-0.3, -0.25) is 0 Å². The van der Waals surface area contributed by atoms with E-state index in [0.29, 0.717) is 0 Å². The SMILES string of the molecule is O=C(O)C(O)c1cccc(O)c1Br. The minimum atomic E-state index is -1.62. The number of carbonyl (C=O) groups is 1. The van der Waals surface area contributed by atoms with Crippen molar-refractivity contribution in [2.45, 2.75) is 6.10 Å². The average molecular weight is 247 g/mol. The number of carboxylic acid groups (broad SMARTS) is 1. The summed E-state index contributed by atoms with van der Waals surface area (Å²) in [5, 5.41) is 26.8. The highest BCUT2D eigenvalue weighted by Gasteiger charge is 2.19. The lowest BCUT2D eigenvalue weighted by Gasteiger charge is -2.08. The number of hydrogen-bond donors (Lipinski definition) is 3. The fraction of sp³-hybridized carbons (Fsp3) is 0.125. The Bertz CT molecular complexity index is 337. The lowest BCUT2D eigenvalue weighted by Crippen LogP contribution is -2.10. The maximum Gasteiger partial charge on any atom is 0.337 e. The quantitative estimate of drug-likeness (QED) is 0.735. The molecule has 5 heteroatoms. The number of benzene rings is 1. The van der Waals surface area contributed by atoms with E-state index < -0.39 is 12.1 Å². The van der Waals surface area contributed by atoms with Gasteiger partial charge in [0.05, 0.1) is 4.47 Å². The first-order valence-corrected chi connectivity index (χ1v) is 4.21. The largest absolute Gasteiger partial charge is 0.507 e. The van der Waals surface area contributed by atoms with Gasteiger partial charge in [0.15, 0.2) is 6.10 Å². The Hall–Kier alpha value is -1.07. The Balaban J connectivity index is 3.15. The molecule has 0 heterocycles. The fourth-order valence-corrected chi connectivity index (χ4v) is 1.36. The first-order valence-electron chi connectivity index (χ1n) is 3.42. The van der Waals surface area contributed by atoms with Crippen LogP contribution in [-0.2, 0) is 4.79 Å². The molecule has 0 spiro atoms. The number of aliphatic hydroxyl groups excluding tert-OH is 1. The van der Waals surface area contributed by atoms with E-state index >= 15 is 0 Å². The predicted molar refractivity (Wildman–Crippen MR) is 48.4 cm³/mol. The van der Waals surface area contributed by atoms with Gasteiger partial charge >= 0.3 is 5.97 Å². The van der Waals surface area contributed by atoms with E-state index in [0.717, 1.165) is 0 Å². The van der Waals surface area contributed by atoms with E-state index in [1.807, 2.05) is 0 Å². The molecule has 1 aromatic carbocycles. The van der Waals surface area contributed by atoms with Crippen molar-refractivity contribution < 1.29 is 20.1 Å². The molecule has 70 valence electrons. The maximum absolute atomic E-state index is 10.4. The summed E-state index contributed by atoms with van der Waals surface area (Å²) in [7, 11) is 0. The maximum atomic E-state index is 10.4. The fourth-order valence-electron chi connectivity index (χ4n) is 0.881. The summed E-state index contributed by atoms with van der Waals surface area (Å²) in [4.78, 5) is 10.4. The Morgan fingerprint density at radius 3 is 2.62 bits per heavy atom. The number of halogens is 1. The van der Waals surface area contributed by atoms with Gasteiger partial charge in [0, 0.05) is 5.56 Å². The van der Waals surface area contributed by atoms with Crippen LogP contribution in [-0.4, -0.2) is 21.3 Å². The number of phenols is 1. The second kappa shape index (κ2) is 3.76. The molecule has 0 aromatic heterocycles. The summed E-state index contributed by atoms with van der Waals surface area (Å²) in [6, 6.07) is 4.27.